The van der Waals surface area contributed by atoms with Crippen LogP contribution in [0.3, 0.4) is 0 Å². The van der Waals surface area contributed by atoms with Crippen LogP contribution in [-0.2, 0) is 4.79 Å². The summed E-state index contributed by atoms with van der Waals surface area (Å²) >= 11 is 0. The van der Waals surface area contributed by atoms with Crippen molar-refractivity contribution in [1.82, 2.24) is 0 Å². The van der Waals surface area contributed by atoms with Crippen LogP contribution in [0.1, 0.15) is 40.0 Å². The van der Waals surface area contributed by atoms with E-state index in [0.717, 1.165) is 31.1 Å². The molecule has 0 saturated carbocycles. The van der Waals surface area contributed by atoms with E-state index in [1.807, 2.05) is 6.92 Å². The summed E-state index contributed by atoms with van der Waals surface area (Å²) in [6, 6.07) is 0. The van der Waals surface area contributed by atoms with Crippen molar-refractivity contribution in [2.75, 3.05) is 0 Å². The van der Waals surface area contributed by atoms with Crippen molar-refractivity contribution in [1.29, 1.82) is 0 Å². The van der Waals surface area contributed by atoms with E-state index in [9.17, 15) is 4.79 Å². The normalized spacial score (nSPS) is 13.2. The van der Waals surface area contributed by atoms with E-state index < -0.39 is 0 Å². The minimum absolute atomic E-state index is 0.853. The molecule has 68 valence electrons. The van der Waals surface area contributed by atoms with E-state index in [4.69, 9.17) is 0 Å². The van der Waals surface area contributed by atoms with E-state index in [1.165, 1.54) is 5.57 Å². The molecule has 0 fully saturated rings. The lowest BCUT2D eigenvalue weighted by Gasteiger charge is -1.97. The van der Waals surface area contributed by atoms with Gasteiger partial charge in [0, 0.05) is 0 Å². The molecule has 0 aliphatic heterocycles. The van der Waals surface area contributed by atoms with Crippen molar-refractivity contribution in [2.45, 2.75) is 40.0 Å². The molecule has 0 saturated heterocycles. The van der Waals surface area contributed by atoms with Gasteiger partial charge < -0.3 is 0 Å². The van der Waals surface area contributed by atoms with E-state index in [0.29, 0.717) is 0 Å². The van der Waals surface area contributed by atoms with Crippen molar-refractivity contribution < 1.29 is 4.79 Å². The zero-order valence-electron chi connectivity index (χ0n) is 8.26. The maximum atomic E-state index is 10.1. The first-order valence-corrected chi connectivity index (χ1v) is 4.47. The zero-order valence-corrected chi connectivity index (χ0v) is 8.26. The lowest BCUT2D eigenvalue weighted by Crippen LogP contribution is -1.78. The van der Waals surface area contributed by atoms with Gasteiger partial charge in [-0.2, -0.15) is 0 Å². The van der Waals surface area contributed by atoms with Gasteiger partial charge in [-0.25, -0.2) is 0 Å². The second kappa shape index (κ2) is 6.84. The van der Waals surface area contributed by atoms with E-state index in [-0.39, 0.29) is 0 Å². The second-order valence-corrected chi connectivity index (χ2v) is 3.09. The molecule has 12 heavy (non-hydrogen) atoms. The Morgan fingerprint density at radius 1 is 1.25 bits per heavy atom. The molecule has 0 rings (SSSR count). The monoisotopic (exact) mass is 166 g/mol. The van der Waals surface area contributed by atoms with Crippen LogP contribution in [-0.4, -0.2) is 6.29 Å². The third kappa shape index (κ3) is 5.90. The Balaban J connectivity index is 3.69. The van der Waals surface area contributed by atoms with Crippen LogP contribution in [0.2, 0.25) is 0 Å². The number of hydrogen-bond donors (Lipinski definition) is 0. The van der Waals surface area contributed by atoms with Crippen LogP contribution >= 0.6 is 0 Å². The molecule has 0 aliphatic rings. The molecule has 1 nitrogen and oxygen atoms in total. The number of rotatable bonds is 5. The fourth-order valence-corrected chi connectivity index (χ4v) is 0.890. The fraction of sp³-hybridized carbons (Fsp3) is 0.545. The fourth-order valence-electron chi connectivity index (χ4n) is 0.890. The molecule has 0 aromatic rings. The summed E-state index contributed by atoms with van der Waals surface area (Å²) in [4.78, 5) is 10.1. The van der Waals surface area contributed by atoms with Gasteiger partial charge in [0.1, 0.15) is 6.29 Å². The van der Waals surface area contributed by atoms with Crippen LogP contribution in [0, 0.1) is 0 Å². The average Bonchev–Trinajstić information content (AvgIpc) is 2.04. The van der Waals surface area contributed by atoms with Gasteiger partial charge in [-0.15, -0.1) is 0 Å². The largest absolute Gasteiger partial charge is 0.299 e. The smallest absolute Gasteiger partial charge is 0.142 e. The Morgan fingerprint density at radius 2 is 1.92 bits per heavy atom. The number of hydrogen-bond acceptors (Lipinski definition) is 1. The minimum atomic E-state index is 0.853. The van der Waals surface area contributed by atoms with Crippen LogP contribution < -0.4 is 0 Å². The van der Waals surface area contributed by atoms with Crippen LogP contribution in [0.25, 0.3) is 0 Å². The van der Waals surface area contributed by atoms with Crippen molar-refractivity contribution in [2.24, 2.45) is 0 Å². The molecule has 1 heteroatoms. The highest BCUT2D eigenvalue weighted by Crippen LogP contribution is 2.07. The highest BCUT2D eigenvalue weighted by molar-refractivity contribution is 5.65. The van der Waals surface area contributed by atoms with Crippen molar-refractivity contribution in [3.8, 4) is 0 Å². The number of allylic oxidation sites excluding steroid dienone is 4. The SMILES string of the molecule is CCC(C)=CCC/C(C)=C\C=O. The molecule has 0 heterocycles. The summed E-state index contributed by atoms with van der Waals surface area (Å²) in [5, 5.41) is 0. The third-order valence-corrected chi connectivity index (χ3v) is 1.94. The van der Waals surface area contributed by atoms with Gasteiger partial charge >= 0.3 is 0 Å². The zero-order chi connectivity index (χ0) is 9.40. The van der Waals surface area contributed by atoms with Crippen LogP contribution in [0.4, 0.5) is 0 Å². The van der Waals surface area contributed by atoms with Crippen molar-refractivity contribution in [3.63, 3.8) is 0 Å². The van der Waals surface area contributed by atoms with Crippen molar-refractivity contribution in [3.05, 3.63) is 23.3 Å². The third-order valence-electron chi connectivity index (χ3n) is 1.94. The predicted molar refractivity (Wildman–Crippen MR) is 53.1 cm³/mol. The molecule has 0 aromatic heterocycles. The lowest BCUT2D eigenvalue weighted by molar-refractivity contribution is -0.104. The summed E-state index contributed by atoms with van der Waals surface area (Å²) < 4.78 is 0. The Kier molecular flexibility index (Phi) is 6.35. The summed E-state index contributed by atoms with van der Waals surface area (Å²) in [6.07, 6.45) is 7.89. The molecule has 0 N–H and O–H groups in total. The van der Waals surface area contributed by atoms with Gasteiger partial charge in [0.25, 0.3) is 0 Å². The first-order valence-electron chi connectivity index (χ1n) is 4.47. The Labute approximate surface area is 75.2 Å². The number of aldehydes is 1. The second-order valence-electron chi connectivity index (χ2n) is 3.09. The Bertz CT molecular complexity index is 187. The minimum Gasteiger partial charge on any atom is -0.299 e. The summed E-state index contributed by atoms with van der Waals surface area (Å²) in [6.45, 7) is 6.28. The molecular formula is C11H18O. The standard InChI is InChI=1S/C11H18O/c1-4-10(2)6-5-7-11(3)8-9-12/h6,8-9H,4-5,7H2,1-3H3/b10-6?,11-8-. The maximum Gasteiger partial charge on any atom is 0.142 e. The van der Waals surface area contributed by atoms with E-state index >= 15 is 0 Å². The van der Waals surface area contributed by atoms with Gasteiger partial charge in [-0.1, -0.05) is 24.1 Å². The average molecular weight is 166 g/mol. The Morgan fingerprint density at radius 3 is 2.42 bits per heavy atom. The van der Waals surface area contributed by atoms with Gasteiger partial charge in [0.05, 0.1) is 0 Å². The quantitative estimate of drug-likeness (QED) is 0.348. The molecule has 0 spiro atoms. The molecule has 0 aromatic carbocycles. The molecule has 0 atom stereocenters. The van der Waals surface area contributed by atoms with Gasteiger partial charge in [0.15, 0.2) is 0 Å². The highest BCUT2D eigenvalue weighted by Gasteiger charge is 1.88. The summed E-state index contributed by atoms with van der Waals surface area (Å²) in [7, 11) is 0. The molecule has 0 radical (unpaired) electrons. The maximum absolute atomic E-state index is 10.1. The number of carbonyl (C=O) groups is 1. The predicted octanol–water partition coefficient (Wildman–Crippen LogP) is 3.27. The Hall–Kier alpha value is -0.850. The lowest BCUT2D eigenvalue weighted by atomic mass is 10.1. The molecule has 0 amide bonds. The topological polar surface area (TPSA) is 17.1 Å². The number of carbonyl (C=O) groups excluding carboxylic acids is 1. The van der Waals surface area contributed by atoms with Gasteiger partial charge in [0.2, 0.25) is 0 Å². The molecular weight excluding hydrogens is 148 g/mol. The summed E-state index contributed by atoms with van der Waals surface area (Å²) in [5.74, 6) is 0. The molecule has 0 unspecified atom stereocenters. The van der Waals surface area contributed by atoms with Crippen LogP contribution in [0.15, 0.2) is 23.3 Å². The van der Waals surface area contributed by atoms with E-state index in [2.05, 4.69) is 19.9 Å². The van der Waals surface area contributed by atoms with Gasteiger partial charge in [-0.05, 0) is 39.2 Å². The van der Waals surface area contributed by atoms with Crippen LogP contribution in [0.5, 0.6) is 0 Å². The summed E-state index contributed by atoms with van der Waals surface area (Å²) in [5.41, 5.74) is 2.58. The van der Waals surface area contributed by atoms with Gasteiger partial charge in [-0.3, -0.25) is 4.79 Å². The molecule has 0 aliphatic carbocycles. The van der Waals surface area contributed by atoms with E-state index in [1.54, 1.807) is 6.08 Å². The molecule has 0 bridgehead atoms. The highest BCUT2D eigenvalue weighted by atomic mass is 16.1. The van der Waals surface area contributed by atoms with Crippen molar-refractivity contribution >= 4 is 6.29 Å². The first kappa shape index (κ1) is 11.2. The first-order chi connectivity index (χ1) is 5.70.